The van der Waals surface area contributed by atoms with Crippen LogP contribution in [-0.4, -0.2) is 18.7 Å². The fraction of sp³-hybridized carbons (Fsp3) is 0.200. The van der Waals surface area contributed by atoms with Crippen LogP contribution >= 0.6 is 0 Å². The number of likely N-dealkylation sites (N-methyl/N-ethyl adjacent to an activating group) is 1. The van der Waals surface area contributed by atoms with Crippen LogP contribution in [0, 0.1) is 0 Å². The van der Waals surface area contributed by atoms with Gasteiger partial charge < -0.3 is 5.32 Å². The Morgan fingerprint density at radius 3 is 2.56 bits per heavy atom. The summed E-state index contributed by atoms with van der Waals surface area (Å²) in [4.78, 5) is 24.1. The van der Waals surface area contributed by atoms with Crippen molar-refractivity contribution in [3.63, 3.8) is 0 Å². The molecule has 0 saturated carbocycles. The standard InChI is InChI=1S/C15H15NO2/c1-3-4-7-11-10-8-5-6-9-12(10)14(17)13(11)15(18)16-2/h3-6,8-9H,7H2,1-2H3,(H,16,18)/b4-3+. The minimum absolute atomic E-state index is 0.176. The molecule has 0 aromatic heterocycles. The van der Waals surface area contributed by atoms with Crippen LogP contribution in [0.2, 0.25) is 0 Å². The van der Waals surface area contributed by atoms with Crippen molar-refractivity contribution in [1.29, 1.82) is 0 Å². The molecule has 0 spiro atoms. The van der Waals surface area contributed by atoms with Gasteiger partial charge in [-0.3, -0.25) is 9.59 Å². The smallest absolute Gasteiger partial charge is 0.255 e. The van der Waals surface area contributed by atoms with Gasteiger partial charge in [-0.15, -0.1) is 0 Å². The zero-order chi connectivity index (χ0) is 13.1. The summed E-state index contributed by atoms with van der Waals surface area (Å²) in [5.41, 5.74) is 2.58. The van der Waals surface area contributed by atoms with E-state index in [1.165, 1.54) is 0 Å². The molecule has 1 N–H and O–H groups in total. The highest BCUT2D eigenvalue weighted by atomic mass is 16.2. The van der Waals surface area contributed by atoms with E-state index in [0.717, 1.165) is 11.1 Å². The number of rotatable bonds is 3. The van der Waals surface area contributed by atoms with Crippen LogP contribution in [0.1, 0.15) is 29.3 Å². The number of amides is 1. The second kappa shape index (κ2) is 5.00. The Morgan fingerprint density at radius 2 is 1.94 bits per heavy atom. The number of fused-ring (bicyclic) bond motifs is 1. The molecule has 0 atom stereocenters. The molecule has 0 bridgehead atoms. The second-order valence-corrected chi connectivity index (χ2v) is 4.08. The normalized spacial score (nSPS) is 14.2. The van der Waals surface area contributed by atoms with Gasteiger partial charge in [0.1, 0.15) is 0 Å². The van der Waals surface area contributed by atoms with Crippen molar-refractivity contribution in [3.8, 4) is 0 Å². The predicted octanol–water partition coefficient (Wildman–Crippen LogP) is 2.35. The average molecular weight is 241 g/mol. The number of nitrogens with one attached hydrogen (secondary N) is 1. The monoisotopic (exact) mass is 241 g/mol. The Morgan fingerprint density at radius 1 is 1.28 bits per heavy atom. The van der Waals surface area contributed by atoms with Crippen LogP contribution in [0.25, 0.3) is 5.57 Å². The Hall–Kier alpha value is -2.16. The maximum absolute atomic E-state index is 12.2. The molecule has 3 heteroatoms. The molecule has 0 radical (unpaired) electrons. The highest BCUT2D eigenvalue weighted by molar-refractivity contribution is 6.34. The summed E-state index contributed by atoms with van der Waals surface area (Å²) in [5.74, 6) is -0.486. The molecule has 0 aliphatic heterocycles. The zero-order valence-electron chi connectivity index (χ0n) is 10.5. The van der Waals surface area contributed by atoms with E-state index in [4.69, 9.17) is 0 Å². The lowest BCUT2D eigenvalue weighted by atomic mass is 10.0. The summed E-state index contributed by atoms with van der Waals surface area (Å²) < 4.78 is 0. The van der Waals surface area contributed by atoms with E-state index in [-0.39, 0.29) is 17.3 Å². The van der Waals surface area contributed by atoms with Gasteiger partial charge in [0.15, 0.2) is 5.78 Å². The lowest BCUT2D eigenvalue weighted by Crippen LogP contribution is -2.23. The minimum atomic E-state index is -0.310. The Bertz CT molecular complexity index is 568. The lowest BCUT2D eigenvalue weighted by molar-refractivity contribution is -0.116. The summed E-state index contributed by atoms with van der Waals surface area (Å²) in [6.45, 7) is 1.92. The highest BCUT2D eigenvalue weighted by Gasteiger charge is 2.32. The van der Waals surface area contributed by atoms with E-state index in [1.807, 2.05) is 37.3 Å². The van der Waals surface area contributed by atoms with E-state index >= 15 is 0 Å². The van der Waals surface area contributed by atoms with Crippen molar-refractivity contribution in [2.45, 2.75) is 13.3 Å². The first-order valence-corrected chi connectivity index (χ1v) is 5.91. The van der Waals surface area contributed by atoms with E-state index in [2.05, 4.69) is 5.32 Å². The zero-order valence-corrected chi connectivity index (χ0v) is 10.5. The van der Waals surface area contributed by atoms with Gasteiger partial charge in [-0.2, -0.15) is 0 Å². The number of hydrogen-bond acceptors (Lipinski definition) is 2. The molecule has 1 aromatic carbocycles. The summed E-state index contributed by atoms with van der Waals surface area (Å²) in [6, 6.07) is 7.36. The fourth-order valence-electron chi connectivity index (χ4n) is 2.16. The Kier molecular flexibility index (Phi) is 3.42. The van der Waals surface area contributed by atoms with Crippen LogP contribution in [0.5, 0.6) is 0 Å². The van der Waals surface area contributed by atoms with Crippen molar-refractivity contribution in [3.05, 3.63) is 53.1 Å². The summed E-state index contributed by atoms with van der Waals surface area (Å²) in [6.07, 6.45) is 4.47. The van der Waals surface area contributed by atoms with Gasteiger partial charge in [0.05, 0.1) is 5.57 Å². The molecule has 92 valence electrons. The van der Waals surface area contributed by atoms with Gasteiger partial charge >= 0.3 is 0 Å². The van der Waals surface area contributed by atoms with Crippen molar-refractivity contribution < 1.29 is 9.59 Å². The number of hydrogen-bond donors (Lipinski definition) is 1. The topological polar surface area (TPSA) is 46.2 Å². The Balaban J connectivity index is 2.57. The number of Topliss-reactive ketones (excluding diaryl/α,β-unsaturated/α-hetero) is 1. The molecule has 1 aromatic rings. The van der Waals surface area contributed by atoms with E-state index < -0.39 is 0 Å². The number of carbonyl (C=O) groups is 2. The molecule has 3 nitrogen and oxygen atoms in total. The molecule has 0 fully saturated rings. The van der Waals surface area contributed by atoms with Crippen molar-refractivity contribution >= 4 is 17.3 Å². The lowest BCUT2D eigenvalue weighted by Gasteiger charge is -2.03. The molecule has 1 aliphatic rings. The van der Waals surface area contributed by atoms with Gasteiger partial charge in [0.25, 0.3) is 5.91 Å². The molecule has 0 saturated heterocycles. The minimum Gasteiger partial charge on any atom is -0.355 e. The van der Waals surface area contributed by atoms with Gasteiger partial charge in [-0.05, 0) is 24.5 Å². The molecular weight excluding hydrogens is 226 g/mol. The third-order valence-corrected chi connectivity index (χ3v) is 3.04. The number of ketones is 1. The van der Waals surface area contributed by atoms with Crippen molar-refractivity contribution in [1.82, 2.24) is 5.32 Å². The first kappa shape index (κ1) is 12.3. The first-order chi connectivity index (χ1) is 8.70. The first-order valence-electron chi connectivity index (χ1n) is 5.91. The summed E-state index contributed by atoms with van der Waals surface area (Å²) in [5, 5.41) is 2.54. The summed E-state index contributed by atoms with van der Waals surface area (Å²) in [7, 11) is 1.54. The fourth-order valence-corrected chi connectivity index (χ4v) is 2.16. The number of carbonyl (C=O) groups excluding carboxylic acids is 2. The third-order valence-electron chi connectivity index (χ3n) is 3.04. The van der Waals surface area contributed by atoms with E-state index in [9.17, 15) is 9.59 Å². The van der Waals surface area contributed by atoms with Crippen LogP contribution in [-0.2, 0) is 4.79 Å². The molecule has 0 unspecified atom stereocenters. The van der Waals surface area contributed by atoms with Crippen molar-refractivity contribution in [2.24, 2.45) is 0 Å². The second-order valence-electron chi connectivity index (χ2n) is 4.08. The van der Waals surface area contributed by atoms with Gasteiger partial charge in [-0.25, -0.2) is 0 Å². The number of benzene rings is 1. The quantitative estimate of drug-likeness (QED) is 0.652. The predicted molar refractivity (Wildman–Crippen MR) is 71.2 cm³/mol. The van der Waals surface area contributed by atoms with Crippen molar-refractivity contribution in [2.75, 3.05) is 7.05 Å². The van der Waals surface area contributed by atoms with Gasteiger partial charge in [-0.1, -0.05) is 36.4 Å². The van der Waals surface area contributed by atoms with Crippen LogP contribution in [0.4, 0.5) is 0 Å². The SMILES string of the molecule is C/C=C/CC1=C(C(=O)NC)C(=O)c2ccccc21. The maximum atomic E-state index is 12.2. The van der Waals surface area contributed by atoms with Crippen LogP contribution < -0.4 is 5.32 Å². The molecule has 2 rings (SSSR count). The largest absolute Gasteiger partial charge is 0.355 e. The molecule has 18 heavy (non-hydrogen) atoms. The molecule has 1 aliphatic carbocycles. The Labute approximate surface area is 106 Å². The highest BCUT2D eigenvalue weighted by Crippen LogP contribution is 2.35. The average Bonchev–Trinajstić information content (AvgIpc) is 2.69. The molecule has 0 heterocycles. The molecule has 1 amide bonds. The van der Waals surface area contributed by atoms with Gasteiger partial charge in [0.2, 0.25) is 0 Å². The van der Waals surface area contributed by atoms with Gasteiger partial charge in [0, 0.05) is 12.6 Å². The maximum Gasteiger partial charge on any atom is 0.255 e. The van der Waals surface area contributed by atoms with E-state index in [1.54, 1.807) is 13.1 Å². The third kappa shape index (κ3) is 1.88. The summed E-state index contributed by atoms with van der Waals surface area (Å²) >= 11 is 0. The van der Waals surface area contributed by atoms with E-state index in [0.29, 0.717) is 12.0 Å². The molecular formula is C15H15NO2. The van der Waals surface area contributed by atoms with Crippen LogP contribution in [0.3, 0.4) is 0 Å². The van der Waals surface area contributed by atoms with Crippen LogP contribution in [0.15, 0.2) is 42.0 Å². The number of allylic oxidation sites excluding steroid dienone is 3.